The van der Waals surface area contributed by atoms with Crippen molar-refractivity contribution in [1.29, 1.82) is 0 Å². The highest BCUT2D eigenvalue weighted by Crippen LogP contribution is 2.26. The minimum Gasteiger partial charge on any atom is -0.496 e. The van der Waals surface area contributed by atoms with Gasteiger partial charge in [-0.3, -0.25) is 0 Å². The molecular weight excluding hydrogens is 280 g/mol. The van der Waals surface area contributed by atoms with Crippen molar-refractivity contribution in [2.45, 2.75) is 20.4 Å². The van der Waals surface area contributed by atoms with Crippen molar-refractivity contribution in [1.82, 2.24) is 9.55 Å². The third kappa shape index (κ3) is 2.52. The lowest BCUT2D eigenvalue weighted by Gasteiger charge is -2.08. The molecule has 1 heterocycles. The largest absolute Gasteiger partial charge is 0.496 e. The number of aromatic nitrogens is 2. The van der Waals surface area contributed by atoms with Crippen LogP contribution >= 0.6 is 15.9 Å². The number of methoxy groups -OCH3 is 1. The molecule has 3 nitrogen and oxygen atoms in total. The summed E-state index contributed by atoms with van der Waals surface area (Å²) in [4.78, 5) is 4.30. The molecule has 4 heteroatoms. The fourth-order valence-corrected chi connectivity index (χ4v) is 2.30. The summed E-state index contributed by atoms with van der Waals surface area (Å²) >= 11 is 3.49. The third-order valence-corrected chi connectivity index (χ3v) is 3.53. The first-order valence-electron chi connectivity index (χ1n) is 5.42. The molecule has 90 valence electrons. The zero-order chi connectivity index (χ0) is 12.4. The molecule has 2 rings (SSSR count). The summed E-state index contributed by atoms with van der Waals surface area (Å²) in [6.07, 6.45) is 1.88. The molecule has 0 fully saturated rings. The van der Waals surface area contributed by atoms with Gasteiger partial charge in [0, 0.05) is 12.2 Å². The minimum atomic E-state index is 0.829. The molecule has 0 saturated carbocycles. The number of ether oxygens (including phenoxy) is 1. The van der Waals surface area contributed by atoms with Gasteiger partial charge < -0.3 is 9.30 Å². The summed E-state index contributed by atoms with van der Waals surface area (Å²) in [6.45, 7) is 4.94. The van der Waals surface area contributed by atoms with E-state index in [9.17, 15) is 0 Å². The Morgan fingerprint density at radius 1 is 1.35 bits per heavy atom. The van der Waals surface area contributed by atoms with Gasteiger partial charge in [-0.1, -0.05) is 6.07 Å². The van der Waals surface area contributed by atoms with E-state index in [1.807, 2.05) is 19.3 Å². The van der Waals surface area contributed by atoms with Gasteiger partial charge in [-0.25, -0.2) is 4.98 Å². The summed E-state index contributed by atoms with van der Waals surface area (Å²) < 4.78 is 8.33. The van der Waals surface area contributed by atoms with E-state index in [-0.39, 0.29) is 0 Å². The number of nitrogens with zero attached hydrogens (tertiary/aromatic N) is 2. The summed E-state index contributed by atoms with van der Waals surface area (Å²) in [7, 11) is 1.67. The highest BCUT2D eigenvalue weighted by molar-refractivity contribution is 9.10. The first kappa shape index (κ1) is 12.2. The van der Waals surface area contributed by atoms with Crippen LogP contribution in [0.1, 0.15) is 17.0 Å². The van der Waals surface area contributed by atoms with Gasteiger partial charge in [0.05, 0.1) is 23.6 Å². The quantitative estimate of drug-likeness (QED) is 0.868. The molecule has 0 aliphatic carbocycles. The molecule has 0 radical (unpaired) electrons. The maximum atomic E-state index is 5.21. The minimum absolute atomic E-state index is 0.829. The second-order valence-electron chi connectivity index (χ2n) is 4.01. The van der Waals surface area contributed by atoms with Crippen LogP contribution in [0, 0.1) is 13.8 Å². The predicted octanol–water partition coefficient (Wildman–Crippen LogP) is 3.32. The maximum Gasteiger partial charge on any atom is 0.133 e. The van der Waals surface area contributed by atoms with E-state index >= 15 is 0 Å². The Kier molecular flexibility index (Phi) is 3.52. The smallest absolute Gasteiger partial charge is 0.133 e. The van der Waals surface area contributed by atoms with Crippen LogP contribution in [0.3, 0.4) is 0 Å². The molecule has 0 unspecified atom stereocenters. The Morgan fingerprint density at radius 3 is 2.65 bits per heavy atom. The Balaban J connectivity index is 2.25. The molecule has 17 heavy (non-hydrogen) atoms. The van der Waals surface area contributed by atoms with Gasteiger partial charge in [0.25, 0.3) is 0 Å². The number of halogens is 1. The summed E-state index contributed by atoms with van der Waals surface area (Å²) in [5.74, 6) is 0.854. The molecule has 1 aromatic heterocycles. The molecular formula is C13H15BrN2O. The third-order valence-electron chi connectivity index (χ3n) is 2.91. The lowest BCUT2D eigenvalue weighted by Crippen LogP contribution is -2.00. The fraction of sp³-hybridized carbons (Fsp3) is 0.308. The molecule has 0 N–H and O–H groups in total. The van der Waals surface area contributed by atoms with Crippen LogP contribution in [0.2, 0.25) is 0 Å². The van der Waals surface area contributed by atoms with E-state index in [1.54, 1.807) is 7.11 Å². The predicted molar refractivity (Wildman–Crippen MR) is 71.5 cm³/mol. The monoisotopic (exact) mass is 294 g/mol. The van der Waals surface area contributed by atoms with Gasteiger partial charge in [0.15, 0.2) is 0 Å². The first-order valence-corrected chi connectivity index (χ1v) is 6.22. The van der Waals surface area contributed by atoms with Crippen molar-refractivity contribution in [3.8, 4) is 5.75 Å². The molecule has 0 atom stereocenters. The highest BCUT2D eigenvalue weighted by atomic mass is 79.9. The van der Waals surface area contributed by atoms with Gasteiger partial charge >= 0.3 is 0 Å². The van der Waals surface area contributed by atoms with Crippen molar-refractivity contribution in [2.24, 2.45) is 0 Å². The maximum absolute atomic E-state index is 5.21. The molecule has 0 saturated heterocycles. The van der Waals surface area contributed by atoms with Gasteiger partial charge in [0.2, 0.25) is 0 Å². The molecule has 0 aliphatic heterocycles. The fourth-order valence-electron chi connectivity index (χ4n) is 1.71. The normalized spacial score (nSPS) is 10.6. The van der Waals surface area contributed by atoms with E-state index < -0.39 is 0 Å². The number of hydrogen-bond donors (Lipinski definition) is 0. The van der Waals surface area contributed by atoms with Crippen molar-refractivity contribution >= 4 is 15.9 Å². The van der Waals surface area contributed by atoms with E-state index in [1.165, 1.54) is 11.3 Å². The molecule has 0 spiro atoms. The van der Waals surface area contributed by atoms with E-state index in [4.69, 9.17) is 4.74 Å². The van der Waals surface area contributed by atoms with Crippen LogP contribution in [-0.4, -0.2) is 16.7 Å². The van der Waals surface area contributed by atoms with Crippen LogP contribution in [0.4, 0.5) is 0 Å². The topological polar surface area (TPSA) is 27.1 Å². The second kappa shape index (κ2) is 4.92. The SMILES string of the molecule is COc1ccc(Cn2cnc(C)c2C)cc1Br. The van der Waals surface area contributed by atoms with E-state index in [0.29, 0.717) is 0 Å². The van der Waals surface area contributed by atoms with Crippen molar-refractivity contribution in [2.75, 3.05) is 7.11 Å². The lowest BCUT2D eigenvalue weighted by molar-refractivity contribution is 0.412. The second-order valence-corrected chi connectivity index (χ2v) is 4.87. The van der Waals surface area contributed by atoms with Gasteiger partial charge in [-0.2, -0.15) is 0 Å². The summed E-state index contributed by atoms with van der Waals surface area (Å²) in [6, 6.07) is 6.12. The van der Waals surface area contributed by atoms with E-state index in [0.717, 1.165) is 22.5 Å². The van der Waals surface area contributed by atoms with Crippen LogP contribution in [-0.2, 0) is 6.54 Å². The molecule has 0 amide bonds. The number of benzene rings is 1. The average molecular weight is 295 g/mol. The van der Waals surface area contributed by atoms with Crippen LogP contribution in [0.25, 0.3) is 0 Å². The summed E-state index contributed by atoms with van der Waals surface area (Å²) in [5, 5.41) is 0. The zero-order valence-corrected chi connectivity index (χ0v) is 11.8. The standard InChI is InChI=1S/C13H15BrN2O/c1-9-10(2)16(8-15-9)7-11-4-5-13(17-3)12(14)6-11/h4-6,8H,7H2,1-3H3. The van der Waals surface area contributed by atoms with Crippen molar-refractivity contribution in [3.63, 3.8) is 0 Å². The number of aryl methyl sites for hydroxylation is 1. The van der Waals surface area contributed by atoms with Crippen LogP contribution in [0.15, 0.2) is 29.0 Å². The number of rotatable bonds is 3. The van der Waals surface area contributed by atoms with Gasteiger partial charge in [-0.05, 0) is 47.5 Å². The molecule has 2 aromatic rings. The van der Waals surface area contributed by atoms with Crippen LogP contribution in [0.5, 0.6) is 5.75 Å². The van der Waals surface area contributed by atoms with Crippen molar-refractivity contribution < 1.29 is 4.74 Å². The Morgan fingerprint density at radius 2 is 2.12 bits per heavy atom. The molecule has 0 aliphatic rings. The van der Waals surface area contributed by atoms with Gasteiger partial charge in [0.1, 0.15) is 5.75 Å². The van der Waals surface area contributed by atoms with Crippen LogP contribution < -0.4 is 4.74 Å². The molecule has 1 aromatic carbocycles. The summed E-state index contributed by atoms with van der Waals surface area (Å²) in [5.41, 5.74) is 3.51. The Labute approximate surface area is 110 Å². The van der Waals surface area contributed by atoms with Gasteiger partial charge in [-0.15, -0.1) is 0 Å². The average Bonchev–Trinajstić information content (AvgIpc) is 2.61. The number of imidazole rings is 1. The zero-order valence-electron chi connectivity index (χ0n) is 10.2. The Bertz CT molecular complexity index is 534. The number of hydrogen-bond acceptors (Lipinski definition) is 2. The Hall–Kier alpha value is -1.29. The lowest BCUT2D eigenvalue weighted by atomic mass is 10.2. The van der Waals surface area contributed by atoms with E-state index in [2.05, 4.69) is 44.5 Å². The highest BCUT2D eigenvalue weighted by Gasteiger charge is 2.05. The molecule has 0 bridgehead atoms. The first-order chi connectivity index (χ1) is 8.11. The van der Waals surface area contributed by atoms with Crippen molar-refractivity contribution in [3.05, 3.63) is 46.0 Å².